The van der Waals surface area contributed by atoms with Crippen LogP contribution in [0.5, 0.6) is 0 Å². The van der Waals surface area contributed by atoms with Crippen LogP contribution in [-0.2, 0) is 6.54 Å². The normalized spacial score (nSPS) is 21.4. The van der Waals surface area contributed by atoms with Crippen LogP contribution < -0.4 is 5.73 Å². The highest BCUT2D eigenvalue weighted by atomic mass is 15.1. The van der Waals surface area contributed by atoms with Gasteiger partial charge in [-0.05, 0) is 48.4 Å². The summed E-state index contributed by atoms with van der Waals surface area (Å²) in [5.74, 6) is 0.818. The molecule has 2 N–H and O–H groups in total. The highest BCUT2D eigenvalue weighted by Crippen LogP contribution is 2.34. The summed E-state index contributed by atoms with van der Waals surface area (Å²) in [5.41, 5.74) is 9.94. The minimum atomic E-state index is 0.430. The lowest BCUT2D eigenvalue weighted by Gasteiger charge is -2.27. The monoisotopic (exact) mass is 246 g/mol. The van der Waals surface area contributed by atoms with Crippen LogP contribution in [0.25, 0.3) is 0 Å². The van der Waals surface area contributed by atoms with Gasteiger partial charge in [-0.1, -0.05) is 32.9 Å². The van der Waals surface area contributed by atoms with Crippen LogP contribution >= 0.6 is 0 Å². The van der Waals surface area contributed by atoms with E-state index in [4.69, 9.17) is 5.73 Å². The molecular weight excluding hydrogens is 220 g/mol. The molecule has 1 saturated heterocycles. The van der Waals surface area contributed by atoms with E-state index in [1.165, 1.54) is 30.6 Å². The number of nitrogen functional groups attached to an aromatic ring is 1. The Balaban J connectivity index is 2.02. The Bertz CT molecular complexity index is 418. The van der Waals surface area contributed by atoms with Crippen LogP contribution in [-0.4, -0.2) is 18.0 Å². The van der Waals surface area contributed by atoms with E-state index in [2.05, 4.69) is 44.7 Å². The Morgan fingerprint density at radius 1 is 1.33 bits per heavy atom. The van der Waals surface area contributed by atoms with Gasteiger partial charge >= 0.3 is 0 Å². The maximum atomic E-state index is 5.97. The summed E-state index contributed by atoms with van der Waals surface area (Å²) < 4.78 is 0. The Hall–Kier alpha value is -1.02. The van der Waals surface area contributed by atoms with Gasteiger partial charge in [-0.15, -0.1) is 0 Å². The molecule has 1 atom stereocenters. The number of nitrogens with two attached hydrogens (primary N) is 1. The number of anilines is 1. The summed E-state index contributed by atoms with van der Waals surface area (Å²) in [4.78, 5) is 2.57. The van der Waals surface area contributed by atoms with Crippen molar-refractivity contribution in [1.29, 1.82) is 0 Å². The van der Waals surface area contributed by atoms with Gasteiger partial charge < -0.3 is 5.73 Å². The van der Waals surface area contributed by atoms with Gasteiger partial charge in [0.1, 0.15) is 0 Å². The van der Waals surface area contributed by atoms with Gasteiger partial charge in [-0.2, -0.15) is 0 Å². The molecule has 1 aromatic carbocycles. The van der Waals surface area contributed by atoms with Crippen LogP contribution in [0.4, 0.5) is 5.69 Å². The molecule has 1 aliphatic rings. The molecule has 0 saturated carbocycles. The quantitative estimate of drug-likeness (QED) is 0.810. The van der Waals surface area contributed by atoms with Crippen molar-refractivity contribution in [2.75, 3.05) is 18.8 Å². The molecule has 0 aliphatic carbocycles. The maximum absolute atomic E-state index is 5.97. The Labute approximate surface area is 111 Å². The molecule has 2 nitrogen and oxygen atoms in total. The van der Waals surface area contributed by atoms with Crippen molar-refractivity contribution in [2.45, 2.75) is 40.7 Å². The zero-order valence-corrected chi connectivity index (χ0v) is 12.2. The molecule has 1 unspecified atom stereocenters. The number of hydrogen-bond acceptors (Lipinski definition) is 2. The number of nitrogens with zero attached hydrogens (tertiary/aromatic N) is 1. The summed E-state index contributed by atoms with van der Waals surface area (Å²) in [6, 6.07) is 6.26. The molecule has 0 radical (unpaired) electrons. The largest absolute Gasteiger partial charge is 0.399 e. The molecular formula is C16H26N2. The van der Waals surface area contributed by atoms with Crippen molar-refractivity contribution < 1.29 is 0 Å². The molecule has 1 aliphatic heterocycles. The van der Waals surface area contributed by atoms with E-state index < -0.39 is 0 Å². The first-order valence-electron chi connectivity index (χ1n) is 6.94. The summed E-state index contributed by atoms with van der Waals surface area (Å²) >= 11 is 0. The zero-order valence-electron chi connectivity index (χ0n) is 12.2. The average Bonchev–Trinajstić information content (AvgIpc) is 2.73. The number of likely N-dealkylation sites (tertiary alicyclic amines) is 1. The van der Waals surface area contributed by atoms with Crippen molar-refractivity contribution in [1.82, 2.24) is 4.90 Å². The van der Waals surface area contributed by atoms with Crippen LogP contribution in [0.1, 0.15) is 38.3 Å². The third-order valence-corrected chi connectivity index (χ3v) is 4.38. The van der Waals surface area contributed by atoms with Crippen LogP contribution in [0.3, 0.4) is 0 Å². The Kier molecular flexibility index (Phi) is 3.67. The van der Waals surface area contributed by atoms with Crippen LogP contribution in [0.15, 0.2) is 18.2 Å². The van der Waals surface area contributed by atoms with Gasteiger partial charge in [0.25, 0.3) is 0 Å². The number of benzene rings is 1. The van der Waals surface area contributed by atoms with E-state index in [1.54, 1.807) is 0 Å². The van der Waals surface area contributed by atoms with Gasteiger partial charge in [0.2, 0.25) is 0 Å². The second-order valence-electron chi connectivity index (χ2n) is 6.72. The highest BCUT2D eigenvalue weighted by molar-refractivity contribution is 5.49. The first-order valence-corrected chi connectivity index (χ1v) is 6.94. The van der Waals surface area contributed by atoms with Gasteiger partial charge in [-0.25, -0.2) is 0 Å². The Morgan fingerprint density at radius 2 is 2.06 bits per heavy atom. The van der Waals surface area contributed by atoms with Crippen LogP contribution in [0.2, 0.25) is 0 Å². The van der Waals surface area contributed by atoms with Crippen molar-refractivity contribution >= 4 is 5.69 Å². The zero-order chi connectivity index (χ0) is 13.3. The van der Waals surface area contributed by atoms with Crippen molar-refractivity contribution in [3.63, 3.8) is 0 Å². The van der Waals surface area contributed by atoms with Crippen molar-refractivity contribution in [3.05, 3.63) is 29.3 Å². The molecule has 1 heterocycles. The summed E-state index contributed by atoms with van der Waals surface area (Å²) in [6.45, 7) is 12.7. The number of rotatable bonds is 2. The fourth-order valence-corrected chi connectivity index (χ4v) is 2.80. The summed E-state index contributed by atoms with van der Waals surface area (Å²) in [6.07, 6.45) is 1.32. The molecule has 0 aromatic heterocycles. The third kappa shape index (κ3) is 2.86. The van der Waals surface area contributed by atoms with E-state index in [-0.39, 0.29) is 0 Å². The second kappa shape index (κ2) is 4.93. The minimum Gasteiger partial charge on any atom is -0.399 e. The average molecular weight is 246 g/mol. The van der Waals surface area contributed by atoms with E-state index in [1.807, 2.05) is 6.07 Å². The lowest BCUT2D eigenvalue weighted by molar-refractivity contribution is 0.226. The smallest absolute Gasteiger partial charge is 0.0346 e. The molecule has 1 aromatic rings. The molecule has 100 valence electrons. The van der Waals surface area contributed by atoms with Gasteiger partial charge in [-0.3, -0.25) is 4.90 Å². The van der Waals surface area contributed by atoms with E-state index in [0.29, 0.717) is 5.41 Å². The van der Waals surface area contributed by atoms with Gasteiger partial charge in [0, 0.05) is 18.8 Å². The molecule has 0 spiro atoms. The SMILES string of the molecule is Cc1c(N)cccc1CN1CCC(C(C)(C)C)C1. The van der Waals surface area contributed by atoms with Crippen molar-refractivity contribution in [3.8, 4) is 0 Å². The fourth-order valence-electron chi connectivity index (χ4n) is 2.80. The molecule has 0 amide bonds. The summed E-state index contributed by atoms with van der Waals surface area (Å²) in [7, 11) is 0. The maximum Gasteiger partial charge on any atom is 0.0346 e. The third-order valence-electron chi connectivity index (χ3n) is 4.38. The number of hydrogen-bond donors (Lipinski definition) is 1. The van der Waals surface area contributed by atoms with Crippen LogP contribution in [0, 0.1) is 18.3 Å². The first kappa shape index (κ1) is 13.4. The molecule has 1 fully saturated rings. The highest BCUT2D eigenvalue weighted by Gasteiger charge is 2.31. The standard InChI is InChI=1S/C16H26N2/c1-12-13(6-5-7-15(12)17)10-18-9-8-14(11-18)16(2,3)4/h5-7,14H,8-11,17H2,1-4H3. The van der Waals surface area contributed by atoms with E-state index >= 15 is 0 Å². The summed E-state index contributed by atoms with van der Waals surface area (Å²) in [5, 5.41) is 0. The van der Waals surface area contributed by atoms with Gasteiger partial charge in [0.05, 0.1) is 0 Å². The molecule has 18 heavy (non-hydrogen) atoms. The fraction of sp³-hybridized carbons (Fsp3) is 0.625. The minimum absolute atomic E-state index is 0.430. The second-order valence-corrected chi connectivity index (χ2v) is 6.72. The van der Waals surface area contributed by atoms with E-state index in [0.717, 1.165) is 18.2 Å². The predicted molar refractivity (Wildman–Crippen MR) is 78.4 cm³/mol. The Morgan fingerprint density at radius 3 is 2.67 bits per heavy atom. The van der Waals surface area contributed by atoms with Crippen molar-refractivity contribution in [2.24, 2.45) is 11.3 Å². The molecule has 2 rings (SSSR count). The first-order chi connectivity index (χ1) is 8.38. The lowest BCUT2D eigenvalue weighted by atomic mass is 9.80. The topological polar surface area (TPSA) is 29.3 Å². The molecule has 0 bridgehead atoms. The van der Waals surface area contributed by atoms with E-state index in [9.17, 15) is 0 Å². The lowest BCUT2D eigenvalue weighted by Crippen LogP contribution is -2.26. The predicted octanol–water partition coefficient (Wildman–Crippen LogP) is 3.45. The molecule has 2 heteroatoms. The van der Waals surface area contributed by atoms with Gasteiger partial charge in [0.15, 0.2) is 0 Å².